The second-order valence-corrected chi connectivity index (χ2v) is 4.40. The van der Waals surface area contributed by atoms with Gasteiger partial charge in [0.15, 0.2) is 0 Å². The second-order valence-electron chi connectivity index (χ2n) is 4.40. The topological polar surface area (TPSA) is 29.3 Å². The van der Waals surface area contributed by atoms with Crippen molar-refractivity contribution in [2.45, 2.75) is 45.2 Å². The molecule has 0 saturated carbocycles. The van der Waals surface area contributed by atoms with Crippen molar-refractivity contribution in [2.24, 2.45) is 11.7 Å². The van der Waals surface area contributed by atoms with Gasteiger partial charge in [-0.05, 0) is 32.2 Å². The molecular formula is C12H24N2. The quantitative estimate of drug-likeness (QED) is 0.697. The number of nitrogens with zero attached hydrogens (tertiary/aromatic N) is 1. The first-order chi connectivity index (χ1) is 6.72. The van der Waals surface area contributed by atoms with Gasteiger partial charge >= 0.3 is 0 Å². The highest BCUT2D eigenvalue weighted by atomic mass is 15.2. The molecule has 1 fully saturated rings. The van der Waals surface area contributed by atoms with Crippen molar-refractivity contribution in [3.8, 4) is 0 Å². The highest BCUT2D eigenvalue weighted by molar-refractivity contribution is 4.91. The molecule has 14 heavy (non-hydrogen) atoms. The van der Waals surface area contributed by atoms with E-state index in [1.807, 2.05) is 6.08 Å². The monoisotopic (exact) mass is 196 g/mol. The number of rotatable bonds is 4. The summed E-state index contributed by atoms with van der Waals surface area (Å²) in [5.41, 5.74) is 5.83. The molecule has 0 amide bonds. The van der Waals surface area contributed by atoms with E-state index in [1.54, 1.807) is 0 Å². The first kappa shape index (κ1) is 11.7. The van der Waals surface area contributed by atoms with Crippen LogP contribution in [0.1, 0.15) is 33.1 Å². The van der Waals surface area contributed by atoms with E-state index < -0.39 is 0 Å². The molecule has 3 atom stereocenters. The first-order valence-electron chi connectivity index (χ1n) is 5.81. The fourth-order valence-electron chi connectivity index (χ4n) is 2.43. The summed E-state index contributed by atoms with van der Waals surface area (Å²) in [6.07, 6.45) is 5.91. The van der Waals surface area contributed by atoms with Gasteiger partial charge in [-0.2, -0.15) is 0 Å². The third kappa shape index (κ3) is 2.58. The van der Waals surface area contributed by atoms with Crippen LogP contribution in [0.25, 0.3) is 0 Å². The van der Waals surface area contributed by atoms with Crippen molar-refractivity contribution in [3.05, 3.63) is 12.7 Å². The van der Waals surface area contributed by atoms with Crippen LogP contribution in [0.15, 0.2) is 12.7 Å². The van der Waals surface area contributed by atoms with E-state index >= 15 is 0 Å². The van der Waals surface area contributed by atoms with Gasteiger partial charge in [-0.3, -0.25) is 4.90 Å². The number of hydrogen-bond donors (Lipinski definition) is 1. The average Bonchev–Trinajstić information content (AvgIpc) is 2.27. The SMILES string of the molecule is C=CC(C)N1CCC(CC)CC1CN. The molecule has 3 unspecified atom stereocenters. The largest absolute Gasteiger partial charge is 0.329 e. The van der Waals surface area contributed by atoms with E-state index in [0.717, 1.165) is 12.5 Å². The molecule has 0 bridgehead atoms. The van der Waals surface area contributed by atoms with Crippen molar-refractivity contribution in [1.82, 2.24) is 4.90 Å². The van der Waals surface area contributed by atoms with Gasteiger partial charge in [0, 0.05) is 18.6 Å². The average molecular weight is 196 g/mol. The van der Waals surface area contributed by atoms with Gasteiger partial charge in [0.25, 0.3) is 0 Å². The Kier molecular flexibility index (Phi) is 4.63. The van der Waals surface area contributed by atoms with E-state index in [1.165, 1.54) is 25.8 Å². The minimum absolute atomic E-state index is 0.473. The second kappa shape index (κ2) is 5.52. The minimum atomic E-state index is 0.473. The highest BCUT2D eigenvalue weighted by Gasteiger charge is 2.28. The molecule has 1 heterocycles. The van der Waals surface area contributed by atoms with E-state index in [9.17, 15) is 0 Å². The number of piperidine rings is 1. The zero-order valence-electron chi connectivity index (χ0n) is 9.58. The van der Waals surface area contributed by atoms with E-state index in [-0.39, 0.29) is 0 Å². The Balaban J connectivity index is 2.56. The van der Waals surface area contributed by atoms with Gasteiger partial charge in [-0.15, -0.1) is 6.58 Å². The molecule has 0 aromatic carbocycles. The lowest BCUT2D eigenvalue weighted by atomic mass is 9.88. The van der Waals surface area contributed by atoms with Gasteiger partial charge in [0.05, 0.1) is 0 Å². The molecule has 82 valence electrons. The Hall–Kier alpha value is -0.340. The fourth-order valence-corrected chi connectivity index (χ4v) is 2.43. The predicted octanol–water partition coefficient (Wildman–Crippen LogP) is 2.01. The molecule has 1 rings (SSSR count). The highest BCUT2D eigenvalue weighted by Crippen LogP contribution is 2.26. The number of hydrogen-bond acceptors (Lipinski definition) is 2. The summed E-state index contributed by atoms with van der Waals surface area (Å²) in [4.78, 5) is 2.50. The predicted molar refractivity (Wildman–Crippen MR) is 62.2 cm³/mol. The first-order valence-corrected chi connectivity index (χ1v) is 5.81. The molecule has 2 N–H and O–H groups in total. The van der Waals surface area contributed by atoms with Gasteiger partial charge in [-0.25, -0.2) is 0 Å². The van der Waals surface area contributed by atoms with Crippen molar-refractivity contribution in [1.29, 1.82) is 0 Å². The van der Waals surface area contributed by atoms with Gasteiger partial charge in [0.1, 0.15) is 0 Å². The molecular weight excluding hydrogens is 172 g/mol. The Morgan fingerprint density at radius 1 is 1.64 bits per heavy atom. The normalized spacial score (nSPS) is 31.4. The van der Waals surface area contributed by atoms with Crippen molar-refractivity contribution >= 4 is 0 Å². The molecule has 0 radical (unpaired) electrons. The number of nitrogens with two attached hydrogens (primary N) is 1. The molecule has 1 aliphatic rings. The minimum Gasteiger partial charge on any atom is -0.329 e. The van der Waals surface area contributed by atoms with Crippen LogP contribution in [0.3, 0.4) is 0 Å². The third-order valence-corrected chi connectivity index (χ3v) is 3.58. The summed E-state index contributed by atoms with van der Waals surface area (Å²) in [5.74, 6) is 0.886. The van der Waals surface area contributed by atoms with Crippen molar-refractivity contribution in [2.75, 3.05) is 13.1 Å². The van der Waals surface area contributed by atoms with Crippen molar-refractivity contribution < 1.29 is 0 Å². The molecule has 2 heteroatoms. The van der Waals surface area contributed by atoms with Gasteiger partial charge < -0.3 is 5.73 Å². The lowest BCUT2D eigenvalue weighted by Gasteiger charge is -2.41. The fraction of sp³-hybridized carbons (Fsp3) is 0.833. The van der Waals surface area contributed by atoms with Crippen LogP contribution in [0.2, 0.25) is 0 Å². The maximum atomic E-state index is 5.83. The van der Waals surface area contributed by atoms with Crippen LogP contribution in [-0.4, -0.2) is 30.1 Å². The Morgan fingerprint density at radius 2 is 2.36 bits per heavy atom. The zero-order valence-corrected chi connectivity index (χ0v) is 9.58. The van der Waals surface area contributed by atoms with Crippen LogP contribution in [0.5, 0.6) is 0 Å². The maximum absolute atomic E-state index is 5.83. The molecule has 1 saturated heterocycles. The summed E-state index contributed by atoms with van der Waals surface area (Å²) in [5, 5.41) is 0. The van der Waals surface area contributed by atoms with Crippen LogP contribution in [-0.2, 0) is 0 Å². The van der Waals surface area contributed by atoms with E-state index in [2.05, 4.69) is 25.3 Å². The van der Waals surface area contributed by atoms with Gasteiger partial charge in [-0.1, -0.05) is 19.4 Å². The smallest absolute Gasteiger partial charge is 0.0250 e. The zero-order chi connectivity index (χ0) is 10.6. The third-order valence-electron chi connectivity index (χ3n) is 3.58. The summed E-state index contributed by atoms with van der Waals surface area (Å²) in [6.45, 7) is 10.3. The number of likely N-dealkylation sites (tertiary alicyclic amines) is 1. The van der Waals surface area contributed by atoms with Crippen LogP contribution in [0.4, 0.5) is 0 Å². The van der Waals surface area contributed by atoms with Crippen molar-refractivity contribution in [3.63, 3.8) is 0 Å². The molecule has 0 aromatic rings. The maximum Gasteiger partial charge on any atom is 0.0250 e. The summed E-state index contributed by atoms with van der Waals surface area (Å²) < 4.78 is 0. The molecule has 0 aromatic heterocycles. The summed E-state index contributed by atoms with van der Waals surface area (Å²) in [7, 11) is 0. The van der Waals surface area contributed by atoms with Crippen LogP contribution in [0, 0.1) is 5.92 Å². The van der Waals surface area contributed by atoms with Crippen LogP contribution >= 0.6 is 0 Å². The standard InChI is InChI=1S/C12H24N2/c1-4-10(3)14-7-6-11(5-2)8-12(14)9-13/h4,10-12H,1,5-9,13H2,2-3H3. The Labute approximate surface area is 88.2 Å². The lowest BCUT2D eigenvalue weighted by Crippen LogP contribution is -2.49. The molecule has 0 aliphatic carbocycles. The Morgan fingerprint density at radius 3 is 2.86 bits per heavy atom. The van der Waals surface area contributed by atoms with Crippen LogP contribution < -0.4 is 5.73 Å². The van der Waals surface area contributed by atoms with Gasteiger partial charge in [0.2, 0.25) is 0 Å². The Bertz CT molecular complexity index is 179. The molecule has 2 nitrogen and oxygen atoms in total. The molecule has 0 spiro atoms. The van der Waals surface area contributed by atoms with E-state index in [0.29, 0.717) is 12.1 Å². The lowest BCUT2D eigenvalue weighted by molar-refractivity contribution is 0.0953. The summed E-state index contributed by atoms with van der Waals surface area (Å²) in [6, 6.07) is 1.04. The summed E-state index contributed by atoms with van der Waals surface area (Å²) >= 11 is 0. The molecule has 1 aliphatic heterocycles. The van der Waals surface area contributed by atoms with E-state index in [4.69, 9.17) is 5.73 Å².